The fourth-order valence-corrected chi connectivity index (χ4v) is 3.84. The summed E-state index contributed by atoms with van der Waals surface area (Å²) in [4.78, 5) is 26.5. The van der Waals surface area contributed by atoms with Crippen LogP contribution in [-0.4, -0.2) is 31.7 Å². The Balaban J connectivity index is 1.69. The molecule has 0 atom stereocenters. The Morgan fingerprint density at radius 1 is 1.06 bits per heavy atom. The maximum atomic E-state index is 13.3. The van der Waals surface area contributed by atoms with Crippen molar-refractivity contribution in [3.05, 3.63) is 92.9 Å². The lowest BCUT2D eigenvalue weighted by molar-refractivity contribution is 0.0688. The van der Waals surface area contributed by atoms with Gasteiger partial charge in [0, 0.05) is 11.8 Å². The van der Waals surface area contributed by atoms with E-state index in [0.29, 0.717) is 23.0 Å². The van der Waals surface area contributed by atoms with E-state index in [1.54, 1.807) is 40.1 Å². The van der Waals surface area contributed by atoms with Gasteiger partial charge in [-0.05, 0) is 63.1 Å². The number of ether oxygens (including phenoxy) is 2. The maximum absolute atomic E-state index is 13.3. The van der Waals surface area contributed by atoms with Crippen LogP contribution in [0.5, 0.6) is 11.6 Å². The van der Waals surface area contributed by atoms with E-state index in [0.717, 1.165) is 22.4 Å². The summed E-state index contributed by atoms with van der Waals surface area (Å²) in [6, 6.07) is 14.8. The van der Waals surface area contributed by atoms with Gasteiger partial charge in [0.15, 0.2) is 10.8 Å². The lowest BCUT2D eigenvalue weighted by Gasteiger charge is -2.17. The van der Waals surface area contributed by atoms with Gasteiger partial charge in [-0.3, -0.25) is 9.36 Å². The van der Waals surface area contributed by atoms with Crippen molar-refractivity contribution in [3.63, 3.8) is 0 Å². The van der Waals surface area contributed by atoms with E-state index >= 15 is 0 Å². The SMILES string of the molecule is COc1ccc(COc2nc(C)n(-c3cc(-c4ccnc(C(C)(C)O)n4)ccc3C)c(=O)c2Cl)cc1. The van der Waals surface area contributed by atoms with Gasteiger partial charge in [0.05, 0.1) is 18.5 Å². The molecule has 2 heterocycles. The summed E-state index contributed by atoms with van der Waals surface area (Å²) >= 11 is 6.43. The Kier molecular flexibility index (Phi) is 7.10. The van der Waals surface area contributed by atoms with Crippen molar-refractivity contribution in [1.29, 1.82) is 0 Å². The number of halogens is 1. The zero-order valence-corrected chi connectivity index (χ0v) is 21.5. The van der Waals surface area contributed by atoms with Gasteiger partial charge in [-0.25, -0.2) is 9.97 Å². The Hall–Kier alpha value is -3.75. The molecule has 0 bridgehead atoms. The summed E-state index contributed by atoms with van der Waals surface area (Å²) in [5, 5.41) is 10.2. The van der Waals surface area contributed by atoms with Gasteiger partial charge >= 0.3 is 0 Å². The second-order valence-electron chi connectivity index (χ2n) is 8.88. The molecule has 4 rings (SSSR count). The molecule has 0 saturated heterocycles. The molecule has 8 nitrogen and oxygen atoms in total. The van der Waals surface area contributed by atoms with Crippen LogP contribution in [0.15, 0.2) is 59.5 Å². The molecule has 0 aliphatic carbocycles. The first kappa shape index (κ1) is 25.3. The molecular formula is C27H27ClN4O4. The van der Waals surface area contributed by atoms with Crippen molar-refractivity contribution in [3.8, 4) is 28.6 Å². The van der Waals surface area contributed by atoms with Gasteiger partial charge in [0.25, 0.3) is 5.56 Å². The van der Waals surface area contributed by atoms with Crippen LogP contribution < -0.4 is 15.0 Å². The number of nitrogens with zero attached hydrogens (tertiary/aromatic N) is 4. The average Bonchev–Trinajstić information content (AvgIpc) is 2.86. The lowest BCUT2D eigenvalue weighted by atomic mass is 10.1. The Labute approximate surface area is 214 Å². The molecule has 186 valence electrons. The third kappa shape index (κ3) is 5.24. The average molecular weight is 507 g/mol. The molecule has 36 heavy (non-hydrogen) atoms. The van der Waals surface area contributed by atoms with Crippen molar-refractivity contribution in [2.45, 2.75) is 39.9 Å². The fourth-order valence-electron chi connectivity index (χ4n) is 3.66. The van der Waals surface area contributed by atoms with E-state index in [2.05, 4.69) is 15.0 Å². The first-order valence-corrected chi connectivity index (χ1v) is 11.7. The third-order valence-corrected chi connectivity index (χ3v) is 5.97. The second-order valence-corrected chi connectivity index (χ2v) is 9.26. The molecule has 0 aliphatic heterocycles. The van der Waals surface area contributed by atoms with Gasteiger partial charge < -0.3 is 14.6 Å². The smallest absolute Gasteiger partial charge is 0.280 e. The van der Waals surface area contributed by atoms with E-state index in [-0.39, 0.29) is 17.5 Å². The van der Waals surface area contributed by atoms with Crippen LogP contribution in [0, 0.1) is 13.8 Å². The van der Waals surface area contributed by atoms with Crippen LogP contribution >= 0.6 is 11.6 Å². The highest BCUT2D eigenvalue weighted by atomic mass is 35.5. The Morgan fingerprint density at radius 2 is 1.78 bits per heavy atom. The zero-order chi connectivity index (χ0) is 26.0. The van der Waals surface area contributed by atoms with Gasteiger partial charge in [-0.1, -0.05) is 35.9 Å². The number of hydrogen-bond acceptors (Lipinski definition) is 7. The minimum Gasteiger partial charge on any atom is -0.497 e. The summed E-state index contributed by atoms with van der Waals surface area (Å²) < 4.78 is 12.4. The minimum absolute atomic E-state index is 0.0747. The van der Waals surface area contributed by atoms with Crippen molar-refractivity contribution < 1.29 is 14.6 Å². The molecule has 0 radical (unpaired) electrons. The van der Waals surface area contributed by atoms with Gasteiger partial charge in [-0.15, -0.1) is 0 Å². The highest BCUT2D eigenvalue weighted by molar-refractivity contribution is 6.31. The molecule has 0 amide bonds. The van der Waals surface area contributed by atoms with Crippen molar-refractivity contribution >= 4 is 11.6 Å². The predicted molar refractivity (Wildman–Crippen MR) is 138 cm³/mol. The monoisotopic (exact) mass is 506 g/mol. The van der Waals surface area contributed by atoms with Crippen molar-refractivity contribution in [2.75, 3.05) is 7.11 Å². The quantitative estimate of drug-likeness (QED) is 0.385. The van der Waals surface area contributed by atoms with Crippen LogP contribution in [0.25, 0.3) is 16.9 Å². The van der Waals surface area contributed by atoms with E-state index in [1.165, 1.54) is 4.57 Å². The molecule has 0 aliphatic rings. The summed E-state index contributed by atoms with van der Waals surface area (Å²) in [5.41, 5.74) is 2.11. The van der Waals surface area contributed by atoms with Crippen molar-refractivity contribution in [1.82, 2.24) is 19.5 Å². The highest BCUT2D eigenvalue weighted by Gasteiger charge is 2.21. The lowest BCUT2D eigenvalue weighted by Crippen LogP contribution is -2.24. The molecule has 9 heteroatoms. The maximum Gasteiger partial charge on any atom is 0.280 e. The topological polar surface area (TPSA) is 99.4 Å². The summed E-state index contributed by atoms with van der Waals surface area (Å²) in [5.74, 6) is 1.54. The Bertz CT molecular complexity index is 1460. The minimum atomic E-state index is -1.18. The molecule has 2 aromatic carbocycles. The second kappa shape index (κ2) is 10.1. The van der Waals surface area contributed by atoms with Crippen LogP contribution in [0.4, 0.5) is 0 Å². The normalized spacial score (nSPS) is 11.4. The summed E-state index contributed by atoms with van der Waals surface area (Å²) in [7, 11) is 1.60. The molecule has 1 N–H and O–H groups in total. The number of benzene rings is 2. The Morgan fingerprint density at radius 3 is 2.44 bits per heavy atom. The largest absolute Gasteiger partial charge is 0.497 e. The van der Waals surface area contributed by atoms with E-state index in [9.17, 15) is 9.90 Å². The number of hydrogen-bond donors (Lipinski definition) is 1. The summed E-state index contributed by atoms with van der Waals surface area (Å²) in [6.45, 7) is 7.07. The van der Waals surface area contributed by atoms with Gasteiger partial charge in [0.2, 0.25) is 5.88 Å². The van der Waals surface area contributed by atoms with Gasteiger partial charge in [0.1, 0.15) is 23.8 Å². The molecule has 2 aromatic heterocycles. The molecule has 0 unspecified atom stereocenters. The van der Waals surface area contributed by atoms with Crippen molar-refractivity contribution in [2.24, 2.45) is 0 Å². The van der Waals surface area contributed by atoms with E-state index < -0.39 is 11.2 Å². The number of rotatable bonds is 7. The van der Waals surface area contributed by atoms with E-state index in [4.69, 9.17) is 21.1 Å². The highest BCUT2D eigenvalue weighted by Crippen LogP contribution is 2.27. The first-order chi connectivity index (χ1) is 17.1. The molecule has 4 aromatic rings. The zero-order valence-electron chi connectivity index (χ0n) is 20.7. The first-order valence-electron chi connectivity index (χ1n) is 11.3. The number of aliphatic hydroxyl groups is 1. The fraction of sp³-hybridized carbons (Fsp3) is 0.259. The number of aryl methyl sites for hydroxylation is 2. The summed E-state index contributed by atoms with van der Waals surface area (Å²) in [6.07, 6.45) is 1.60. The van der Waals surface area contributed by atoms with Crippen LogP contribution in [0.2, 0.25) is 5.02 Å². The standard InChI is InChI=1S/C27H27ClN4O4/c1-16-6-9-19(21-12-13-29-26(31-21)27(3,4)34)14-22(16)32-17(2)30-24(23(28)25(32)33)36-15-18-7-10-20(35-5)11-8-18/h6-14,34H,15H2,1-5H3. The number of aromatic nitrogens is 4. The molecular weight excluding hydrogens is 480 g/mol. The third-order valence-electron chi connectivity index (χ3n) is 5.65. The number of methoxy groups -OCH3 is 1. The predicted octanol–water partition coefficient (Wildman–Crippen LogP) is 4.77. The van der Waals surface area contributed by atoms with Crippen LogP contribution in [-0.2, 0) is 12.2 Å². The molecule has 0 saturated carbocycles. The van der Waals surface area contributed by atoms with Crippen LogP contribution in [0.3, 0.4) is 0 Å². The molecule has 0 fully saturated rings. The van der Waals surface area contributed by atoms with Gasteiger partial charge in [-0.2, -0.15) is 4.98 Å². The van der Waals surface area contributed by atoms with Crippen LogP contribution in [0.1, 0.15) is 36.6 Å². The molecule has 0 spiro atoms. The van der Waals surface area contributed by atoms with E-state index in [1.807, 2.05) is 49.4 Å².